The third-order valence-corrected chi connectivity index (χ3v) is 4.84. The first-order valence-electron chi connectivity index (χ1n) is 8.79. The molecule has 7 nitrogen and oxygen atoms in total. The third-order valence-electron chi connectivity index (χ3n) is 4.84. The van der Waals surface area contributed by atoms with E-state index < -0.39 is 0 Å². The Morgan fingerprint density at radius 3 is 2.75 bits per heavy atom. The van der Waals surface area contributed by atoms with Gasteiger partial charge in [0, 0.05) is 35.7 Å². The molecule has 0 bridgehead atoms. The fourth-order valence-corrected chi connectivity index (χ4v) is 3.62. The summed E-state index contributed by atoms with van der Waals surface area (Å²) in [7, 11) is 0. The van der Waals surface area contributed by atoms with Gasteiger partial charge in [0.15, 0.2) is 5.82 Å². The predicted molar refractivity (Wildman–Crippen MR) is 103 cm³/mol. The monoisotopic (exact) mass is 382 g/mol. The molecule has 2 aromatic carbocycles. The smallest absolute Gasteiger partial charge is 0.221 e. The van der Waals surface area contributed by atoms with Crippen LogP contribution < -0.4 is 10.6 Å². The van der Waals surface area contributed by atoms with Crippen molar-refractivity contribution in [2.45, 2.75) is 26.6 Å². The van der Waals surface area contributed by atoms with E-state index in [4.69, 9.17) is 0 Å². The van der Waals surface area contributed by atoms with Crippen LogP contribution in [0.4, 0.5) is 21.6 Å². The second kappa shape index (κ2) is 7.06. The number of amides is 1. The van der Waals surface area contributed by atoms with E-state index in [0.29, 0.717) is 34.7 Å². The Morgan fingerprint density at radius 2 is 2.07 bits per heavy atom. The first-order chi connectivity index (χ1) is 13.5. The average Bonchev–Trinajstić information content (AvgIpc) is 3.21. The highest BCUT2D eigenvalue weighted by atomic mass is 19.1. The molecule has 3 aromatic rings. The van der Waals surface area contributed by atoms with E-state index in [2.05, 4.69) is 20.8 Å². The molecular weight excluding hydrogens is 363 g/mol. The van der Waals surface area contributed by atoms with E-state index in [-0.39, 0.29) is 24.9 Å². The molecule has 28 heavy (non-hydrogen) atoms. The number of benzene rings is 2. The predicted octanol–water partition coefficient (Wildman–Crippen LogP) is 2.81. The van der Waals surface area contributed by atoms with Crippen LogP contribution in [0, 0.1) is 5.82 Å². The molecule has 1 aromatic heterocycles. The van der Waals surface area contributed by atoms with Crippen molar-refractivity contribution in [2.24, 2.45) is 0 Å². The topological polar surface area (TPSA) is 110 Å². The molecule has 4 rings (SSSR count). The van der Waals surface area contributed by atoms with Gasteiger partial charge < -0.3 is 20.8 Å². The standard InChI is InChI=1S/C20H19FN4O3/c1-10(28)22-18-15-7-16-19(14(15)5-11(8-26)17(18)9-27)24-25-20(16)23-13-4-2-3-12(21)6-13/h2-6,26-27H,7-9H2,1H3,(H,22,28)(H2,23,24,25). The van der Waals surface area contributed by atoms with Crippen LogP contribution in [-0.4, -0.2) is 26.3 Å². The molecule has 0 saturated carbocycles. The lowest BCUT2D eigenvalue weighted by molar-refractivity contribution is -0.114. The average molecular weight is 382 g/mol. The highest BCUT2D eigenvalue weighted by molar-refractivity contribution is 5.95. The third kappa shape index (κ3) is 3.02. The lowest BCUT2D eigenvalue weighted by atomic mass is 9.96. The minimum absolute atomic E-state index is 0.265. The van der Waals surface area contributed by atoms with Gasteiger partial charge in [-0.3, -0.25) is 9.89 Å². The van der Waals surface area contributed by atoms with E-state index in [1.807, 2.05) is 0 Å². The molecule has 0 atom stereocenters. The summed E-state index contributed by atoms with van der Waals surface area (Å²) >= 11 is 0. The van der Waals surface area contributed by atoms with Gasteiger partial charge in [0.25, 0.3) is 0 Å². The summed E-state index contributed by atoms with van der Waals surface area (Å²) in [6, 6.07) is 7.88. The van der Waals surface area contributed by atoms with Crippen molar-refractivity contribution in [3.8, 4) is 11.3 Å². The van der Waals surface area contributed by atoms with E-state index in [1.54, 1.807) is 18.2 Å². The second-order valence-electron chi connectivity index (χ2n) is 6.65. The number of rotatable bonds is 5. The van der Waals surface area contributed by atoms with Gasteiger partial charge in [0.1, 0.15) is 5.82 Å². The molecule has 1 aliphatic carbocycles. The van der Waals surface area contributed by atoms with Crippen LogP contribution in [-0.2, 0) is 24.4 Å². The zero-order chi connectivity index (χ0) is 19.8. The summed E-state index contributed by atoms with van der Waals surface area (Å²) in [6.07, 6.45) is 0.465. The zero-order valence-electron chi connectivity index (χ0n) is 15.1. The van der Waals surface area contributed by atoms with Gasteiger partial charge in [0.2, 0.25) is 5.91 Å². The summed E-state index contributed by atoms with van der Waals surface area (Å²) in [4.78, 5) is 11.7. The van der Waals surface area contributed by atoms with Crippen LogP contribution in [0.5, 0.6) is 0 Å². The fourth-order valence-electron chi connectivity index (χ4n) is 3.62. The van der Waals surface area contributed by atoms with Crippen LogP contribution in [0.2, 0.25) is 0 Å². The van der Waals surface area contributed by atoms with Crippen molar-refractivity contribution in [3.05, 3.63) is 58.4 Å². The number of anilines is 3. The maximum Gasteiger partial charge on any atom is 0.221 e. The molecule has 1 aliphatic rings. The Bertz CT molecular complexity index is 1080. The van der Waals surface area contributed by atoms with E-state index in [1.165, 1.54) is 19.1 Å². The quantitative estimate of drug-likeness (QED) is 0.365. The Kier molecular flexibility index (Phi) is 4.58. The maximum atomic E-state index is 13.5. The number of nitrogens with zero attached hydrogens (tertiary/aromatic N) is 1. The molecule has 0 radical (unpaired) electrons. The molecule has 0 spiro atoms. The molecule has 5 N–H and O–H groups in total. The number of fused-ring (bicyclic) bond motifs is 3. The van der Waals surface area contributed by atoms with E-state index in [9.17, 15) is 19.4 Å². The van der Waals surface area contributed by atoms with Crippen molar-refractivity contribution in [1.29, 1.82) is 0 Å². The molecule has 1 amide bonds. The number of nitrogens with one attached hydrogen (secondary N) is 3. The summed E-state index contributed by atoms with van der Waals surface area (Å²) in [5, 5.41) is 32.7. The van der Waals surface area contributed by atoms with Crippen LogP contribution in [0.15, 0.2) is 30.3 Å². The van der Waals surface area contributed by atoms with Gasteiger partial charge in [-0.1, -0.05) is 6.07 Å². The molecule has 0 unspecified atom stereocenters. The lowest BCUT2D eigenvalue weighted by Gasteiger charge is -2.17. The highest BCUT2D eigenvalue weighted by Gasteiger charge is 2.30. The number of halogens is 1. The Hall–Kier alpha value is -3.23. The second-order valence-corrected chi connectivity index (χ2v) is 6.65. The molecule has 0 fully saturated rings. The summed E-state index contributed by atoms with van der Waals surface area (Å²) < 4.78 is 13.5. The number of aliphatic hydroxyl groups is 2. The highest BCUT2D eigenvalue weighted by Crippen LogP contribution is 2.45. The molecule has 0 saturated heterocycles. The van der Waals surface area contributed by atoms with Crippen molar-refractivity contribution in [1.82, 2.24) is 10.2 Å². The number of H-pyrrole nitrogens is 1. The molecule has 8 heteroatoms. The van der Waals surface area contributed by atoms with Gasteiger partial charge in [-0.15, -0.1) is 0 Å². The number of aromatic nitrogens is 2. The van der Waals surface area contributed by atoms with Crippen molar-refractivity contribution >= 4 is 23.1 Å². The Labute approximate surface area is 160 Å². The molecule has 1 heterocycles. The molecule has 144 valence electrons. The fraction of sp³-hybridized carbons (Fsp3) is 0.200. The number of hydrogen-bond donors (Lipinski definition) is 5. The van der Waals surface area contributed by atoms with Gasteiger partial charge in [-0.25, -0.2) is 4.39 Å². The van der Waals surface area contributed by atoms with Gasteiger partial charge in [0.05, 0.1) is 24.6 Å². The summed E-state index contributed by atoms with van der Waals surface area (Å²) in [5.74, 6) is -0.0611. The van der Waals surface area contributed by atoms with Crippen molar-refractivity contribution in [3.63, 3.8) is 0 Å². The van der Waals surface area contributed by atoms with E-state index in [0.717, 1.165) is 22.4 Å². The van der Waals surface area contributed by atoms with Crippen molar-refractivity contribution in [2.75, 3.05) is 10.6 Å². The minimum atomic E-state index is -0.353. The van der Waals surface area contributed by atoms with Crippen LogP contribution in [0.1, 0.15) is 29.2 Å². The van der Waals surface area contributed by atoms with Crippen LogP contribution >= 0.6 is 0 Å². The largest absolute Gasteiger partial charge is 0.392 e. The Morgan fingerprint density at radius 1 is 1.25 bits per heavy atom. The normalized spacial score (nSPS) is 11.9. The van der Waals surface area contributed by atoms with Crippen LogP contribution in [0.25, 0.3) is 11.3 Å². The molecule has 0 aliphatic heterocycles. The minimum Gasteiger partial charge on any atom is -0.392 e. The van der Waals surface area contributed by atoms with Crippen LogP contribution in [0.3, 0.4) is 0 Å². The van der Waals surface area contributed by atoms with Crippen molar-refractivity contribution < 1.29 is 19.4 Å². The van der Waals surface area contributed by atoms with Gasteiger partial charge in [-0.2, -0.15) is 5.10 Å². The number of carbonyl (C=O) groups excluding carboxylic acids is 1. The zero-order valence-corrected chi connectivity index (χ0v) is 15.1. The number of aromatic amines is 1. The molecular formula is C20H19FN4O3. The van der Waals surface area contributed by atoms with E-state index >= 15 is 0 Å². The lowest BCUT2D eigenvalue weighted by Crippen LogP contribution is -2.13. The summed E-state index contributed by atoms with van der Waals surface area (Å²) in [6.45, 7) is 0.818. The summed E-state index contributed by atoms with van der Waals surface area (Å²) in [5.41, 5.74) is 5.38. The SMILES string of the molecule is CC(=O)Nc1c(CO)c(CO)cc2c1Cc1c(Nc3cccc(F)c3)n[nH]c1-2. The number of carbonyl (C=O) groups is 1. The first kappa shape index (κ1) is 18.1. The Balaban J connectivity index is 1.79. The maximum absolute atomic E-state index is 13.5. The van der Waals surface area contributed by atoms with Gasteiger partial charge in [-0.05, 0) is 35.4 Å². The number of aliphatic hydroxyl groups excluding tert-OH is 2. The van der Waals surface area contributed by atoms with Gasteiger partial charge >= 0.3 is 0 Å². The first-order valence-corrected chi connectivity index (χ1v) is 8.79. The number of hydrogen-bond acceptors (Lipinski definition) is 5.